The normalized spacial score (nSPS) is 11.2. The Balaban J connectivity index is 0.00000121. The summed E-state index contributed by atoms with van der Waals surface area (Å²) in [5, 5.41) is 0. The van der Waals surface area contributed by atoms with E-state index in [9.17, 15) is 4.39 Å². The van der Waals surface area contributed by atoms with E-state index in [1.54, 1.807) is 6.07 Å². The van der Waals surface area contributed by atoms with E-state index in [0.717, 1.165) is 11.3 Å². The predicted molar refractivity (Wildman–Crippen MR) is 73.1 cm³/mol. The lowest BCUT2D eigenvalue weighted by molar-refractivity contribution is 0.533. The number of aromatic nitrogens is 1. The van der Waals surface area contributed by atoms with Crippen molar-refractivity contribution in [2.24, 2.45) is 0 Å². The van der Waals surface area contributed by atoms with Gasteiger partial charge < -0.3 is 0 Å². The SMILES string of the molecule is CC.Cc1cc(F)c(C(C)C)nc1C(C)(C)C. The minimum Gasteiger partial charge on any atom is -0.254 e. The van der Waals surface area contributed by atoms with Gasteiger partial charge in [0.2, 0.25) is 0 Å². The molecule has 0 saturated carbocycles. The highest BCUT2D eigenvalue weighted by Crippen LogP contribution is 2.27. The summed E-state index contributed by atoms with van der Waals surface area (Å²) < 4.78 is 13.6. The van der Waals surface area contributed by atoms with Crippen LogP contribution < -0.4 is 0 Å². The van der Waals surface area contributed by atoms with E-state index in [4.69, 9.17) is 0 Å². The first-order valence-corrected chi connectivity index (χ1v) is 6.41. The largest absolute Gasteiger partial charge is 0.254 e. The summed E-state index contributed by atoms with van der Waals surface area (Å²) in [7, 11) is 0. The molecular weight excluding hydrogens is 213 g/mol. The van der Waals surface area contributed by atoms with Crippen LogP contribution in [-0.4, -0.2) is 4.98 Å². The highest BCUT2D eigenvalue weighted by molar-refractivity contribution is 5.29. The monoisotopic (exact) mass is 239 g/mol. The quantitative estimate of drug-likeness (QED) is 0.673. The summed E-state index contributed by atoms with van der Waals surface area (Å²) in [6.45, 7) is 16.2. The average molecular weight is 239 g/mol. The molecule has 1 heterocycles. The van der Waals surface area contributed by atoms with Crippen molar-refractivity contribution in [2.45, 2.75) is 66.7 Å². The number of rotatable bonds is 1. The zero-order valence-electron chi connectivity index (χ0n) is 12.5. The molecule has 1 nitrogen and oxygen atoms in total. The summed E-state index contributed by atoms with van der Waals surface area (Å²) in [6.07, 6.45) is 0. The highest BCUT2D eigenvalue weighted by atomic mass is 19.1. The maximum Gasteiger partial charge on any atom is 0.145 e. The van der Waals surface area contributed by atoms with E-state index >= 15 is 0 Å². The van der Waals surface area contributed by atoms with Crippen molar-refractivity contribution in [2.75, 3.05) is 0 Å². The molecule has 0 bridgehead atoms. The van der Waals surface area contributed by atoms with Crippen LogP contribution in [0.1, 0.15) is 71.3 Å². The maximum absolute atomic E-state index is 13.6. The lowest BCUT2D eigenvalue weighted by atomic mass is 9.88. The minimum atomic E-state index is -0.185. The zero-order valence-corrected chi connectivity index (χ0v) is 12.5. The molecule has 0 fully saturated rings. The number of halogens is 1. The Kier molecular flexibility index (Phi) is 5.80. The first-order chi connectivity index (χ1) is 7.73. The molecular formula is C15H26FN. The topological polar surface area (TPSA) is 12.9 Å². The van der Waals surface area contributed by atoms with Gasteiger partial charge in [0.05, 0.1) is 5.69 Å². The van der Waals surface area contributed by atoms with Gasteiger partial charge in [-0.15, -0.1) is 0 Å². The fraction of sp³-hybridized carbons (Fsp3) is 0.667. The molecule has 0 atom stereocenters. The molecule has 0 unspecified atom stereocenters. The van der Waals surface area contributed by atoms with E-state index in [1.807, 2.05) is 34.6 Å². The zero-order chi connectivity index (χ0) is 13.8. The van der Waals surface area contributed by atoms with Crippen LogP contribution in [0.15, 0.2) is 6.07 Å². The molecule has 17 heavy (non-hydrogen) atoms. The second-order valence-electron chi connectivity index (χ2n) is 5.43. The number of nitrogens with zero attached hydrogens (tertiary/aromatic N) is 1. The number of aryl methyl sites for hydroxylation is 1. The number of hydrogen-bond donors (Lipinski definition) is 0. The van der Waals surface area contributed by atoms with Crippen LogP contribution >= 0.6 is 0 Å². The molecule has 0 amide bonds. The summed E-state index contributed by atoms with van der Waals surface area (Å²) in [5.74, 6) is -0.0535. The molecule has 2 heteroatoms. The molecule has 1 rings (SSSR count). The van der Waals surface area contributed by atoms with Crippen LogP contribution in [0.5, 0.6) is 0 Å². The number of pyridine rings is 1. The Morgan fingerprint density at radius 2 is 1.65 bits per heavy atom. The third kappa shape index (κ3) is 4.10. The van der Waals surface area contributed by atoms with Crippen molar-refractivity contribution in [3.8, 4) is 0 Å². The third-order valence-corrected chi connectivity index (χ3v) is 2.45. The Bertz CT molecular complexity index is 362. The highest BCUT2D eigenvalue weighted by Gasteiger charge is 2.21. The lowest BCUT2D eigenvalue weighted by Crippen LogP contribution is -2.17. The Labute approximate surface area is 105 Å². The van der Waals surface area contributed by atoms with E-state index in [0.29, 0.717) is 5.69 Å². The van der Waals surface area contributed by atoms with Crippen LogP contribution in [0.25, 0.3) is 0 Å². The van der Waals surface area contributed by atoms with Crippen LogP contribution in [0, 0.1) is 12.7 Å². The molecule has 0 radical (unpaired) electrons. The van der Waals surface area contributed by atoms with Gasteiger partial charge in [0.1, 0.15) is 5.82 Å². The summed E-state index contributed by atoms with van der Waals surface area (Å²) >= 11 is 0. The van der Waals surface area contributed by atoms with Gasteiger partial charge in [-0.25, -0.2) is 4.39 Å². The molecule has 1 aromatic rings. The molecule has 0 aliphatic carbocycles. The summed E-state index contributed by atoms with van der Waals surface area (Å²) in [4.78, 5) is 4.47. The molecule has 0 N–H and O–H groups in total. The first kappa shape index (κ1) is 16.1. The van der Waals surface area contributed by atoms with Gasteiger partial charge in [0.25, 0.3) is 0 Å². The molecule has 0 saturated heterocycles. The van der Waals surface area contributed by atoms with Gasteiger partial charge in [-0.2, -0.15) is 0 Å². The van der Waals surface area contributed by atoms with Crippen LogP contribution in [-0.2, 0) is 5.41 Å². The van der Waals surface area contributed by atoms with Crippen molar-refractivity contribution in [1.82, 2.24) is 4.98 Å². The van der Waals surface area contributed by atoms with Crippen molar-refractivity contribution in [1.29, 1.82) is 0 Å². The maximum atomic E-state index is 13.6. The molecule has 0 spiro atoms. The average Bonchev–Trinajstić information content (AvgIpc) is 2.17. The van der Waals surface area contributed by atoms with Crippen molar-refractivity contribution in [3.05, 3.63) is 28.8 Å². The molecule has 0 aliphatic heterocycles. The van der Waals surface area contributed by atoms with Crippen molar-refractivity contribution < 1.29 is 4.39 Å². The lowest BCUT2D eigenvalue weighted by Gasteiger charge is -2.22. The van der Waals surface area contributed by atoms with Gasteiger partial charge in [-0.1, -0.05) is 48.5 Å². The van der Waals surface area contributed by atoms with E-state index < -0.39 is 0 Å². The molecule has 1 aromatic heterocycles. The predicted octanol–water partition coefficient (Wildman–Crippen LogP) is 4.98. The number of hydrogen-bond acceptors (Lipinski definition) is 1. The molecule has 0 aromatic carbocycles. The standard InChI is InChI=1S/C13H20FN.C2H6/c1-8(2)11-10(14)7-9(3)12(15-11)13(4,5)6;1-2/h7-8H,1-6H3;1-2H3. The smallest absolute Gasteiger partial charge is 0.145 e. The Hall–Kier alpha value is -0.920. The fourth-order valence-corrected chi connectivity index (χ4v) is 1.76. The van der Waals surface area contributed by atoms with E-state index in [2.05, 4.69) is 25.8 Å². The second kappa shape index (κ2) is 6.13. The van der Waals surface area contributed by atoms with Crippen molar-refractivity contribution in [3.63, 3.8) is 0 Å². The Morgan fingerprint density at radius 1 is 1.18 bits per heavy atom. The fourth-order valence-electron chi connectivity index (χ4n) is 1.76. The van der Waals surface area contributed by atoms with Gasteiger partial charge >= 0.3 is 0 Å². The van der Waals surface area contributed by atoms with Gasteiger partial charge in [-0.05, 0) is 24.5 Å². The minimum absolute atomic E-state index is 0.0264. The third-order valence-electron chi connectivity index (χ3n) is 2.45. The second-order valence-corrected chi connectivity index (χ2v) is 5.43. The van der Waals surface area contributed by atoms with Gasteiger partial charge in [0.15, 0.2) is 0 Å². The first-order valence-electron chi connectivity index (χ1n) is 6.41. The van der Waals surface area contributed by atoms with Crippen molar-refractivity contribution >= 4 is 0 Å². The molecule has 98 valence electrons. The van der Waals surface area contributed by atoms with E-state index in [1.165, 1.54) is 0 Å². The molecule has 0 aliphatic rings. The Morgan fingerprint density at radius 3 is 2.00 bits per heavy atom. The summed E-state index contributed by atoms with van der Waals surface area (Å²) in [5.41, 5.74) is 2.48. The van der Waals surface area contributed by atoms with Gasteiger partial charge in [-0.3, -0.25) is 4.98 Å². The van der Waals surface area contributed by atoms with Crippen LogP contribution in [0.4, 0.5) is 4.39 Å². The summed E-state index contributed by atoms with van der Waals surface area (Å²) in [6, 6.07) is 1.60. The van der Waals surface area contributed by atoms with Crippen LogP contribution in [0.3, 0.4) is 0 Å². The van der Waals surface area contributed by atoms with Gasteiger partial charge in [0, 0.05) is 11.1 Å². The van der Waals surface area contributed by atoms with Crippen LogP contribution in [0.2, 0.25) is 0 Å². The van der Waals surface area contributed by atoms with E-state index in [-0.39, 0.29) is 17.2 Å².